The zero-order valence-electron chi connectivity index (χ0n) is 35.6. The van der Waals surface area contributed by atoms with Crippen LogP contribution in [0.25, 0.3) is 0 Å². The summed E-state index contributed by atoms with van der Waals surface area (Å²) in [4.78, 5) is 10.4. The molecule has 0 bridgehead atoms. The summed E-state index contributed by atoms with van der Waals surface area (Å²) in [7, 11) is 0. The summed E-state index contributed by atoms with van der Waals surface area (Å²) in [6.07, 6.45) is 43.3. The van der Waals surface area contributed by atoms with Crippen molar-refractivity contribution < 1.29 is 20.4 Å². The van der Waals surface area contributed by atoms with Crippen molar-refractivity contribution in [3.8, 4) is 0 Å². The third-order valence-corrected chi connectivity index (χ3v) is 11.1. The molecular formula is C50H82N2Pd. The van der Waals surface area contributed by atoms with Crippen LogP contribution in [0.2, 0.25) is 0 Å². The summed E-state index contributed by atoms with van der Waals surface area (Å²) in [5.74, 6) is 0. The molecule has 2 nitrogen and oxygen atoms in total. The summed E-state index contributed by atoms with van der Waals surface area (Å²) in [5.41, 5.74) is 9.34. The van der Waals surface area contributed by atoms with Crippen LogP contribution in [0, 0.1) is 27.7 Å². The Balaban J connectivity index is 0.0000140. The fourth-order valence-electron chi connectivity index (χ4n) is 7.09. The van der Waals surface area contributed by atoms with Crippen LogP contribution < -0.4 is 0 Å². The fourth-order valence-corrected chi connectivity index (χ4v) is 7.09. The Hall–Kier alpha value is -1.82. The predicted octanol–water partition coefficient (Wildman–Crippen LogP) is 17.3. The second-order valence-corrected chi connectivity index (χ2v) is 16.0. The molecule has 0 radical (unpaired) electrons. The number of hydrogen-bond acceptors (Lipinski definition) is 2. The molecule has 0 aliphatic heterocycles. The van der Waals surface area contributed by atoms with Crippen LogP contribution in [0.15, 0.2) is 58.5 Å². The minimum Gasteiger partial charge on any atom is -0.251 e. The quantitative estimate of drug-likeness (QED) is 0.0399. The van der Waals surface area contributed by atoms with Gasteiger partial charge in [-0.3, -0.25) is 4.99 Å². The Morgan fingerprint density at radius 2 is 0.792 bits per heavy atom. The van der Waals surface area contributed by atoms with Crippen molar-refractivity contribution in [1.29, 1.82) is 0 Å². The third kappa shape index (κ3) is 25.1. The van der Waals surface area contributed by atoms with Gasteiger partial charge in [0.1, 0.15) is 0 Å². The molecule has 0 unspecified atom stereocenters. The largest absolute Gasteiger partial charge is 0.251 e. The van der Waals surface area contributed by atoms with Gasteiger partial charge in [-0.1, -0.05) is 186 Å². The SMILES string of the molecule is CCCCCCCCCCCCCCCCCCCCCCCCCC/C=C/C(=N\c1ccc(C)c(C)c1)C(/CCCC)=N/c1ccc(C)c(C)c1.[Pd]. The van der Waals surface area contributed by atoms with E-state index in [0.717, 1.165) is 48.5 Å². The molecule has 0 fully saturated rings. The number of benzene rings is 2. The smallest absolute Gasteiger partial charge is 0.0848 e. The van der Waals surface area contributed by atoms with E-state index in [-0.39, 0.29) is 20.4 Å². The van der Waals surface area contributed by atoms with E-state index in [4.69, 9.17) is 9.98 Å². The molecular weight excluding hydrogens is 735 g/mol. The number of aryl methyl sites for hydroxylation is 4. The molecule has 0 spiro atoms. The van der Waals surface area contributed by atoms with Gasteiger partial charge in [0.2, 0.25) is 0 Å². The molecule has 2 rings (SSSR count). The first-order valence-corrected chi connectivity index (χ1v) is 22.4. The van der Waals surface area contributed by atoms with Crippen LogP contribution >= 0.6 is 0 Å². The number of rotatable bonds is 32. The summed E-state index contributed by atoms with van der Waals surface area (Å²) in [5, 5.41) is 0. The molecule has 2 aromatic rings. The van der Waals surface area contributed by atoms with Crippen LogP contribution in [0.5, 0.6) is 0 Å². The Morgan fingerprint density at radius 1 is 0.434 bits per heavy atom. The zero-order chi connectivity index (χ0) is 37.5. The van der Waals surface area contributed by atoms with Gasteiger partial charge in [0.05, 0.1) is 22.8 Å². The van der Waals surface area contributed by atoms with E-state index in [9.17, 15) is 0 Å². The minimum atomic E-state index is 0. The van der Waals surface area contributed by atoms with Gasteiger partial charge >= 0.3 is 0 Å². The van der Waals surface area contributed by atoms with Crippen molar-refractivity contribution >= 4 is 22.8 Å². The standard InChI is InChI=1S/C50H82N2.Pd/c1-7-9-11-12-13-14-15-16-17-18-19-20-21-22-23-24-25-26-27-28-29-30-31-32-33-34-36-50(52-48-40-38-44(4)46(6)42-48)49(35-10-8-2)51-47-39-37-43(3)45(5)41-47;/h34,36-42H,7-33,35H2,1-6H3;/b36-34+,51-49+,52-50+;. The normalized spacial score (nSPS) is 12.2. The summed E-state index contributed by atoms with van der Waals surface area (Å²) in [6, 6.07) is 13.1. The minimum absolute atomic E-state index is 0. The average molecular weight is 818 g/mol. The number of hydrogen-bond donors (Lipinski definition) is 0. The van der Waals surface area contributed by atoms with Gasteiger partial charge in [0.15, 0.2) is 0 Å². The van der Waals surface area contributed by atoms with Crippen LogP contribution in [0.3, 0.4) is 0 Å². The first kappa shape index (κ1) is 49.2. The Bertz CT molecular complexity index is 1270. The summed E-state index contributed by atoms with van der Waals surface area (Å²) < 4.78 is 0. The maximum atomic E-state index is 5.18. The van der Waals surface area contributed by atoms with Crippen molar-refractivity contribution in [2.24, 2.45) is 9.98 Å². The molecule has 0 amide bonds. The van der Waals surface area contributed by atoms with E-state index >= 15 is 0 Å². The van der Waals surface area contributed by atoms with Gasteiger partial charge < -0.3 is 0 Å². The van der Waals surface area contributed by atoms with Gasteiger partial charge in [-0.15, -0.1) is 0 Å². The molecule has 0 saturated carbocycles. The van der Waals surface area contributed by atoms with Crippen molar-refractivity contribution in [1.82, 2.24) is 0 Å². The third-order valence-electron chi connectivity index (χ3n) is 11.1. The predicted molar refractivity (Wildman–Crippen MR) is 236 cm³/mol. The number of aliphatic imine (C=N–C) groups is 2. The molecule has 0 aliphatic rings. The maximum absolute atomic E-state index is 5.18. The summed E-state index contributed by atoms with van der Waals surface area (Å²) >= 11 is 0. The first-order chi connectivity index (χ1) is 25.4. The van der Waals surface area contributed by atoms with Gasteiger partial charge in [0, 0.05) is 20.4 Å². The van der Waals surface area contributed by atoms with E-state index in [0.29, 0.717) is 0 Å². The van der Waals surface area contributed by atoms with Crippen LogP contribution in [-0.4, -0.2) is 11.4 Å². The van der Waals surface area contributed by atoms with Gasteiger partial charge in [-0.25, -0.2) is 4.99 Å². The molecule has 302 valence electrons. The molecule has 0 atom stereocenters. The van der Waals surface area contributed by atoms with Gasteiger partial charge in [0.25, 0.3) is 0 Å². The molecule has 0 N–H and O–H groups in total. The van der Waals surface area contributed by atoms with Crippen molar-refractivity contribution in [2.75, 3.05) is 0 Å². The summed E-state index contributed by atoms with van der Waals surface area (Å²) in [6.45, 7) is 13.2. The van der Waals surface area contributed by atoms with Gasteiger partial charge in [-0.05, 0) is 106 Å². The van der Waals surface area contributed by atoms with Crippen molar-refractivity contribution in [3.05, 3.63) is 70.8 Å². The van der Waals surface area contributed by atoms with E-state index in [1.807, 2.05) is 0 Å². The van der Waals surface area contributed by atoms with Crippen LogP contribution in [0.1, 0.15) is 216 Å². The zero-order valence-corrected chi connectivity index (χ0v) is 37.2. The molecule has 0 aliphatic carbocycles. The average Bonchev–Trinajstić information content (AvgIpc) is 3.14. The Morgan fingerprint density at radius 3 is 1.17 bits per heavy atom. The van der Waals surface area contributed by atoms with E-state index in [1.165, 1.54) is 176 Å². The second-order valence-electron chi connectivity index (χ2n) is 16.0. The second kappa shape index (κ2) is 33.5. The molecule has 53 heavy (non-hydrogen) atoms. The Kier molecular flexibility index (Phi) is 31.1. The van der Waals surface area contributed by atoms with Crippen molar-refractivity contribution in [2.45, 2.75) is 221 Å². The van der Waals surface area contributed by atoms with E-state index in [2.05, 4.69) is 90.1 Å². The molecule has 0 aromatic heterocycles. The molecule has 0 heterocycles. The monoisotopic (exact) mass is 817 g/mol. The molecule has 0 saturated heterocycles. The number of nitrogens with zero attached hydrogens (tertiary/aromatic N) is 2. The van der Waals surface area contributed by atoms with E-state index < -0.39 is 0 Å². The van der Waals surface area contributed by atoms with Crippen LogP contribution in [-0.2, 0) is 20.4 Å². The van der Waals surface area contributed by atoms with Crippen LogP contribution in [0.4, 0.5) is 11.4 Å². The first-order valence-electron chi connectivity index (χ1n) is 22.4. The van der Waals surface area contributed by atoms with Crippen molar-refractivity contribution in [3.63, 3.8) is 0 Å². The Labute approximate surface area is 343 Å². The molecule has 2 aromatic carbocycles. The van der Waals surface area contributed by atoms with Gasteiger partial charge in [-0.2, -0.15) is 0 Å². The maximum Gasteiger partial charge on any atom is 0.0848 e. The van der Waals surface area contributed by atoms with E-state index in [1.54, 1.807) is 0 Å². The fraction of sp³-hybridized carbons (Fsp3) is 0.680. The topological polar surface area (TPSA) is 24.7 Å². The number of unbranched alkanes of at least 4 members (excludes halogenated alkanes) is 25. The number of allylic oxidation sites excluding steroid dienone is 2. The molecule has 3 heteroatoms.